The van der Waals surface area contributed by atoms with Gasteiger partial charge in [-0.1, -0.05) is 6.07 Å². The maximum Gasteiger partial charge on any atom is 0.250 e. The lowest BCUT2D eigenvalue weighted by atomic mass is 9.87. The number of hydrogen-bond acceptors (Lipinski definition) is 8. The quantitative estimate of drug-likeness (QED) is 0.547. The number of fused-ring (bicyclic) bond motifs is 4. The van der Waals surface area contributed by atoms with Gasteiger partial charge in [0.1, 0.15) is 12.0 Å². The zero-order chi connectivity index (χ0) is 23.3. The molecule has 4 atom stereocenters. The second-order valence-electron chi connectivity index (χ2n) is 8.93. The van der Waals surface area contributed by atoms with Gasteiger partial charge < -0.3 is 15.1 Å². The lowest BCUT2D eigenvalue weighted by molar-refractivity contribution is -0.0344. The first-order valence-corrected chi connectivity index (χ1v) is 10.8. The summed E-state index contributed by atoms with van der Waals surface area (Å²) >= 11 is 0. The number of halogens is 2. The minimum Gasteiger partial charge on any atom is -0.507 e. The standard InChI is InChI=1S/C22H25F2N7O2/c1-30-11-13(9-26-30)12-3-4-15(18(32)5-12)20-25-10-19(28-29-20)31(2)17-6-14-7-22(23,24)8-16(17)21(33)27-14/h3-5,9-11,14,16-17,21,27,32-33H,6-8H2,1-2H3/t14-,16?,17+,21+/m1/s1. The molecule has 0 spiro atoms. The van der Waals surface area contributed by atoms with Crippen LogP contribution in [0.15, 0.2) is 36.8 Å². The maximum atomic E-state index is 14.2. The van der Waals surface area contributed by atoms with E-state index in [1.807, 2.05) is 19.3 Å². The number of anilines is 1. The summed E-state index contributed by atoms with van der Waals surface area (Å²) in [5, 5.41) is 36.3. The predicted octanol–water partition coefficient (Wildman–Crippen LogP) is 2.18. The number of aliphatic hydroxyl groups is 1. The molecule has 1 aromatic carbocycles. The number of phenols is 1. The van der Waals surface area contributed by atoms with E-state index in [-0.39, 0.29) is 30.5 Å². The van der Waals surface area contributed by atoms with E-state index in [0.717, 1.165) is 11.1 Å². The summed E-state index contributed by atoms with van der Waals surface area (Å²) in [6.45, 7) is 0. The van der Waals surface area contributed by atoms with Crippen LogP contribution in [0.4, 0.5) is 14.6 Å². The topological polar surface area (TPSA) is 112 Å². The highest BCUT2D eigenvalue weighted by molar-refractivity contribution is 5.72. The first-order chi connectivity index (χ1) is 15.7. The molecule has 4 heterocycles. The molecule has 174 valence electrons. The number of phenolic OH excluding ortho intramolecular Hbond substituents is 1. The molecule has 2 bridgehead atoms. The van der Waals surface area contributed by atoms with E-state index in [2.05, 4.69) is 25.6 Å². The summed E-state index contributed by atoms with van der Waals surface area (Å²) in [6, 6.07) is 4.37. The van der Waals surface area contributed by atoms with Gasteiger partial charge in [-0.3, -0.25) is 10.00 Å². The molecule has 0 radical (unpaired) electrons. The summed E-state index contributed by atoms with van der Waals surface area (Å²) < 4.78 is 30.1. The first kappa shape index (κ1) is 21.7. The molecule has 11 heteroatoms. The Kier molecular flexibility index (Phi) is 5.25. The SMILES string of the molecule is CN(c1cnc(-c2ccc(-c3cnn(C)c3)cc2O)nn1)[C@H]1C[C@@H]2CC(F)(F)CC1[C@H](O)N2. The second-order valence-corrected chi connectivity index (χ2v) is 8.93. The lowest BCUT2D eigenvalue weighted by Gasteiger charge is -2.42. The predicted molar refractivity (Wildman–Crippen MR) is 117 cm³/mol. The number of aromatic nitrogens is 5. The smallest absolute Gasteiger partial charge is 0.250 e. The summed E-state index contributed by atoms with van der Waals surface area (Å²) in [5.74, 6) is -2.79. The van der Waals surface area contributed by atoms with E-state index in [4.69, 9.17) is 0 Å². The van der Waals surface area contributed by atoms with Gasteiger partial charge in [-0.05, 0) is 24.1 Å². The molecule has 3 N–H and O–H groups in total. The van der Waals surface area contributed by atoms with Crippen LogP contribution in [0.1, 0.15) is 19.3 Å². The third-order valence-electron chi connectivity index (χ3n) is 6.60. The van der Waals surface area contributed by atoms with Crippen LogP contribution in [-0.4, -0.2) is 66.5 Å². The van der Waals surface area contributed by atoms with Crippen molar-refractivity contribution < 1.29 is 19.0 Å². The fraction of sp³-hybridized carbons (Fsp3) is 0.455. The number of benzene rings is 1. The van der Waals surface area contributed by atoms with Crippen molar-refractivity contribution in [3.8, 4) is 28.3 Å². The van der Waals surface area contributed by atoms with Crippen LogP contribution < -0.4 is 10.2 Å². The number of aryl methyl sites for hydroxylation is 1. The molecule has 3 aliphatic rings. The summed E-state index contributed by atoms with van der Waals surface area (Å²) in [7, 11) is 3.57. The van der Waals surface area contributed by atoms with Crippen LogP contribution in [0, 0.1) is 5.92 Å². The molecular weight excluding hydrogens is 432 g/mol. The van der Waals surface area contributed by atoms with Gasteiger partial charge in [0.15, 0.2) is 11.6 Å². The van der Waals surface area contributed by atoms with Crippen LogP contribution >= 0.6 is 0 Å². The Hall–Kier alpha value is -3.18. The molecule has 9 nitrogen and oxygen atoms in total. The molecule has 2 saturated heterocycles. The number of rotatable bonds is 4. The molecule has 3 aromatic rings. The molecule has 2 aromatic heterocycles. The van der Waals surface area contributed by atoms with Crippen molar-refractivity contribution in [2.45, 2.75) is 43.5 Å². The van der Waals surface area contributed by atoms with E-state index in [9.17, 15) is 19.0 Å². The van der Waals surface area contributed by atoms with Crippen molar-refractivity contribution in [3.63, 3.8) is 0 Å². The summed E-state index contributed by atoms with van der Waals surface area (Å²) in [5.41, 5.74) is 2.11. The number of aliphatic hydroxyl groups excluding tert-OH is 1. The van der Waals surface area contributed by atoms with Crippen molar-refractivity contribution in [3.05, 3.63) is 36.8 Å². The van der Waals surface area contributed by atoms with Crippen molar-refractivity contribution in [2.75, 3.05) is 11.9 Å². The van der Waals surface area contributed by atoms with Gasteiger partial charge in [0.05, 0.1) is 18.0 Å². The van der Waals surface area contributed by atoms with Crippen molar-refractivity contribution in [2.24, 2.45) is 13.0 Å². The monoisotopic (exact) mass is 457 g/mol. The largest absolute Gasteiger partial charge is 0.507 e. The Bertz CT molecular complexity index is 1150. The van der Waals surface area contributed by atoms with Gasteiger partial charge in [-0.25, -0.2) is 13.8 Å². The fourth-order valence-electron chi connectivity index (χ4n) is 4.93. The van der Waals surface area contributed by atoms with Crippen molar-refractivity contribution in [1.82, 2.24) is 30.3 Å². The van der Waals surface area contributed by atoms with Gasteiger partial charge in [0.2, 0.25) is 5.92 Å². The molecule has 2 aliphatic heterocycles. The summed E-state index contributed by atoms with van der Waals surface area (Å²) in [6.07, 6.45) is 3.85. The number of aromatic hydroxyl groups is 1. The minimum absolute atomic E-state index is 0.0109. The van der Waals surface area contributed by atoms with Crippen molar-refractivity contribution >= 4 is 5.82 Å². The normalized spacial score (nSPS) is 26.2. The lowest BCUT2D eigenvalue weighted by Crippen LogP contribution is -2.56. The third kappa shape index (κ3) is 4.13. The van der Waals surface area contributed by atoms with Crippen LogP contribution in [0.5, 0.6) is 5.75 Å². The number of nitrogens with one attached hydrogen (secondary N) is 1. The molecule has 6 rings (SSSR count). The van der Waals surface area contributed by atoms with Gasteiger partial charge in [-0.2, -0.15) is 5.10 Å². The zero-order valence-electron chi connectivity index (χ0n) is 18.2. The van der Waals surface area contributed by atoms with Gasteiger partial charge in [0.25, 0.3) is 0 Å². The fourth-order valence-corrected chi connectivity index (χ4v) is 4.93. The van der Waals surface area contributed by atoms with Gasteiger partial charge in [0, 0.05) is 56.7 Å². The van der Waals surface area contributed by atoms with Crippen molar-refractivity contribution in [1.29, 1.82) is 0 Å². The molecule has 3 fully saturated rings. The van der Waals surface area contributed by atoms with E-state index < -0.39 is 24.1 Å². The molecule has 33 heavy (non-hydrogen) atoms. The molecule has 1 aliphatic carbocycles. The van der Waals surface area contributed by atoms with Gasteiger partial charge in [-0.15, -0.1) is 10.2 Å². The van der Waals surface area contributed by atoms with E-state index >= 15 is 0 Å². The Morgan fingerprint density at radius 2 is 2.00 bits per heavy atom. The number of alkyl halides is 2. The first-order valence-electron chi connectivity index (χ1n) is 10.8. The van der Waals surface area contributed by atoms with Crippen LogP contribution in [0.25, 0.3) is 22.5 Å². The van der Waals surface area contributed by atoms with E-state index in [1.54, 1.807) is 35.0 Å². The molecule has 0 amide bonds. The number of nitrogens with zero attached hydrogens (tertiary/aromatic N) is 6. The van der Waals surface area contributed by atoms with Gasteiger partial charge >= 0.3 is 0 Å². The summed E-state index contributed by atoms with van der Waals surface area (Å²) in [4.78, 5) is 6.11. The second kappa shape index (κ2) is 7.99. The van der Waals surface area contributed by atoms with E-state index in [0.29, 0.717) is 17.8 Å². The molecule has 1 saturated carbocycles. The Morgan fingerprint density at radius 1 is 1.18 bits per heavy atom. The Morgan fingerprint density at radius 3 is 2.67 bits per heavy atom. The zero-order valence-corrected chi connectivity index (χ0v) is 18.2. The van der Waals surface area contributed by atoms with Crippen LogP contribution in [-0.2, 0) is 7.05 Å². The average molecular weight is 457 g/mol. The maximum absolute atomic E-state index is 14.2. The minimum atomic E-state index is -2.82. The number of hydrogen-bond donors (Lipinski definition) is 3. The van der Waals surface area contributed by atoms with Crippen LogP contribution in [0.3, 0.4) is 0 Å². The molecular formula is C22H25F2N7O2. The highest BCUT2D eigenvalue weighted by Gasteiger charge is 2.50. The Labute approximate surface area is 189 Å². The Balaban J connectivity index is 1.36. The highest BCUT2D eigenvalue weighted by atomic mass is 19.3. The third-order valence-corrected chi connectivity index (χ3v) is 6.60. The van der Waals surface area contributed by atoms with E-state index in [1.165, 1.54) is 6.20 Å². The average Bonchev–Trinajstić information content (AvgIpc) is 3.10. The highest BCUT2D eigenvalue weighted by Crippen LogP contribution is 2.42. The number of piperidine rings is 1. The molecule has 1 unspecified atom stereocenters. The van der Waals surface area contributed by atoms with Crippen LogP contribution in [0.2, 0.25) is 0 Å².